The normalized spacial score (nSPS) is 13.2. The zero-order chi connectivity index (χ0) is 50.3. The Balaban J connectivity index is 1.31. The first-order chi connectivity index (χ1) is 32.4. The van der Waals surface area contributed by atoms with Gasteiger partial charge < -0.3 is 35.5 Å². The fourth-order valence-electron chi connectivity index (χ4n) is 7.00. The van der Waals surface area contributed by atoms with Gasteiger partial charge in [0, 0.05) is 35.4 Å². The molecule has 0 saturated carbocycles. The van der Waals surface area contributed by atoms with Crippen LogP contribution in [-0.4, -0.2) is 96.6 Å². The fourth-order valence-corrected chi connectivity index (χ4v) is 7.18. The maximum atomic E-state index is 14.7. The number of carbonyl (C=O) groups is 6. The Morgan fingerprint density at radius 1 is 0.710 bits per heavy atom. The highest BCUT2D eigenvalue weighted by atomic mass is 35.5. The number of hydrogen-bond donors (Lipinski definition) is 5. The Bertz CT molecular complexity index is 2840. The van der Waals surface area contributed by atoms with E-state index in [1.807, 2.05) is 36.4 Å². The van der Waals surface area contributed by atoms with Gasteiger partial charge in [-0.1, -0.05) is 59.3 Å². The second-order valence-corrected chi connectivity index (χ2v) is 18.2. The summed E-state index contributed by atoms with van der Waals surface area (Å²) in [5, 5.41) is 26.6. The van der Waals surface area contributed by atoms with Gasteiger partial charge in [-0.05, 0) is 113 Å². The number of aromatic amines is 1. The largest absolute Gasteiger partial charge is 0.573 e. The number of anilines is 1. The van der Waals surface area contributed by atoms with Crippen LogP contribution in [-0.2, 0) is 41.5 Å². The van der Waals surface area contributed by atoms with Crippen molar-refractivity contribution >= 4 is 74.7 Å². The lowest BCUT2D eigenvalue weighted by molar-refractivity contribution is -0.274. The predicted molar refractivity (Wildman–Crippen MR) is 246 cm³/mol. The number of esters is 1. The molecule has 18 nitrogen and oxygen atoms in total. The number of fused-ring (bicyclic) bond motifs is 2. The van der Waals surface area contributed by atoms with Gasteiger partial charge in [-0.2, -0.15) is 5.21 Å². The predicted octanol–water partition coefficient (Wildman–Crippen LogP) is 6.96. The number of halogens is 4. The molecule has 22 heteroatoms. The first-order valence-corrected chi connectivity index (χ1v) is 21.8. The summed E-state index contributed by atoms with van der Waals surface area (Å²) in [5.41, 5.74) is -1.13. The van der Waals surface area contributed by atoms with E-state index in [-0.39, 0.29) is 36.5 Å². The number of ether oxygens (including phenoxy) is 3. The molecule has 6 aromatic rings. The first kappa shape index (κ1) is 50.9. The summed E-state index contributed by atoms with van der Waals surface area (Å²) in [4.78, 5) is 83.8. The van der Waals surface area contributed by atoms with E-state index in [1.54, 1.807) is 59.7 Å². The molecule has 0 aliphatic carbocycles. The molecule has 5 N–H and O–H groups in total. The maximum absolute atomic E-state index is 14.7. The van der Waals surface area contributed by atoms with Crippen molar-refractivity contribution in [2.45, 2.75) is 103 Å². The van der Waals surface area contributed by atoms with Crippen molar-refractivity contribution in [3.63, 3.8) is 0 Å². The lowest BCUT2D eigenvalue weighted by Crippen LogP contribution is -2.57. The van der Waals surface area contributed by atoms with Crippen LogP contribution in [0.1, 0.15) is 76.3 Å². The van der Waals surface area contributed by atoms with Gasteiger partial charge in [0.15, 0.2) is 5.82 Å². The molecule has 364 valence electrons. The smallest absolute Gasteiger partial charge is 0.460 e. The zero-order valence-corrected chi connectivity index (χ0v) is 39.0. The molecule has 2 aromatic heterocycles. The molecule has 2 heterocycles. The average Bonchev–Trinajstić information content (AvgIpc) is 3.91. The maximum Gasteiger partial charge on any atom is 0.573 e. The van der Waals surface area contributed by atoms with Crippen molar-refractivity contribution in [1.82, 2.24) is 41.1 Å². The second kappa shape index (κ2) is 21.2. The van der Waals surface area contributed by atoms with E-state index in [9.17, 15) is 41.9 Å². The topological polar surface area (TPSA) is 238 Å². The number of hydrogen-bond acceptors (Lipinski definition) is 12. The Kier molecular flexibility index (Phi) is 15.6. The van der Waals surface area contributed by atoms with Gasteiger partial charge in [0.25, 0.3) is 5.91 Å². The van der Waals surface area contributed by atoms with Gasteiger partial charge in [0.1, 0.15) is 40.8 Å². The quantitative estimate of drug-likeness (QED) is 0.0619. The molecular formula is C47H49ClF3N9O9. The summed E-state index contributed by atoms with van der Waals surface area (Å²) in [6.07, 6.45) is -7.08. The van der Waals surface area contributed by atoms with Crippen molar-refractivity contribution in [2.75, 3.05) is 5.32 Å². The molecule has 0 aliphatic rings. The molecule has 0 bridgehead atoms. The molecule has 6 rings (SSSR count). The highest BCUT2D eigenvalue weighted by Crippen LogP contribution is 2.27. The van der Waals surface area contributed by atoms with Crippen molar-refractivity contribution in [3.05, 3.63) is 113 Å². The number of rotatable bonds is 16. The minimum Gasteiger partial charge on any atom is -0.460 e. The number of tetrazole rings is 1. The molecule has 0 saturated heterocycles. The summed E-state index contributed by atoms with van der Waals surface area (Å²) in [6.45, 7) is 9.90. The molecule has 3 atom stereocenters. The number of amides is 4. The minimum atomic E-state index is -4.96. The number of carbonyl (C=O) groups excluding carboxylic acids is 6. The monoisotopic (exact) mass is 975 g/mol. The van der Waals surface area contributed by atoms with Crippen LogP contribution in [0.15, 0.2) is 91.0 Å². The van der Waals surface area contributed by atoms with Gasteiger partial charge in [-0.25, -0.2) is 9.36 Å². The third-order valence-electron chi connectivity index (χ3n) is 9.90. The number of benzene rings is 4. The highest BCUT2D eigenvalue weighted by Gasteiger charge is 2.34. The van der Waals surface area contributed by atoms with Crippen LogP contribution < -0.4 is 26.0 Å². The van der Waals surface area contributed by atoms with Crippen LogP contribution in [0.3, 0.4) is 0 Å². The fraction of sp³-hybridized carbons (Fsp3) is 0.340. The molecular weight excluding hydrogens is 927 g/mol. The lowest BCUT2D eigenvalue weighted by atomic mass is 10.0. The SMILES string of the molecule is CC(C)(C)OC(=O)CC[C@H](NC(=O)[C@H](Cc1nn[nH]n1)NC(=O)[C@H](Cc1ccc2ccccc2c1)NC(=O)c1cc2cc(Cl)ccc2n1C(=O)OC(C)(C)C)C(=O)Nc1ccc(OC(F)(F)F)cc1. The van der Waals surface area contributed by atoms with Crippen LogP contribution in [0.5, 0.6) is 5.75 Å². The molecule has 0 unspecified atom stereocenters. The molecule has 0 fully saturated rings. The van der Waals surface area contributed by atoms with E-state index in [0.29, 0.717) is 21.5 Å². The highest BCUT2D eigenvalue weighted by molar-refractivity contribution is 6.31. The number of nitrogens with zero attached hydrogens (tertiary/aromatic N) is 4. The van der Waals surface area contributed by atoms with Gasteiger partial charge >= 0.3 is 18.4 Å². The Morgan fingerprint density at radius 3 is 2.00 bits per heavy atom. The molecule has 4 amide bonds. The van der Waals surface area contributed by atoms with Gasteiger partial charge in [-0.3, -0.25) is 24.0 Å². The first-order valence-electron chi connectivity index (χ1n) is 21.4. The van der Waals surface area contributed by atoms with Gasteiger partial charge in [0.05, 0.1) is 5.52 Å². The van der Waals surface area contributed by atoms with Crippen molar-refractivity contribution in [1.29, 1.82) is 0 Å². The second-order valence-electron chi connectivity index (χ2n) is 17.8. The van der Waals surface area contributed by atoms with Gasteiger partial charge in [-0.15, -0.1) is 23.4 Å². The number of H-pyrrole nitrogens is 1. The van der Waals surface area contributed by atoms with E-state index >= 15 is 0 Å². The summed E-state index contributed by atoms with van der Waals surface area (Å²) in [6, 6.07) is 18.7. The van der Waals surface area contributed by atoms with Crippen LogP contribution in [0.4, 0.5) is 23.7 Å². The van der Waals surface area contributed by atoms with E-state index in [2.05, 4.69) is 46.6 Å². The summed E-state index contributed by atoms with van der Waals surface area (Å²) in [7, 11) is 0. The Morgan fingerprint density at radius 2 is 1.36 bits per heavy atom. The van der Waals surface area contributed by atoms with Crippen LogP contribution in [0.25, 0.3) is 21.7 Å². The standard InChI is InChI=1S/C47H49ClF3N9O9/c1-45(2,3)68-39(61)20-18-33(40(62)52-31-14-16-32(17-15-31)67-47(49,50)51)53-42(64)35(25-38-56-58-59-57-38)54-41(63)34(22-26-11-12-27-9-7-8-10-28(27)21-26)55-43(65)37-24-29-23-30(48)13-19-36(29)60(37)44(66)69-46(4,5)6/h7-17,19,21,23-24,33-35H,18,20,22,25H2,1-6H3,(H,52,62)(H,53,64)(H,54,63)(H,55,65)(H,56,57,58,59)/t33-,34-,35-/m0/s1. The summed E-state index contributed by atoms with van der Waals surface area (Å²) in [5.74, 6) is -4.92. The molecule has 69 heavy (non-hydrogen) atoms. The molecule has 0 radical (unpaired) electrons. The molecule has 0 aliphatic heterocycles. The summed E-state index contributed by atoms with van der Waals surface area (Å²) < 4.78 is 54.4. The molecule has 0 spiro atoms. The van der Waals surface area contributed by atoms with Crippen LogP contribution >= 0.6 is 11.6 Å². The number of nitrogens with one attached hydrogen (secondary N) is 5. The number of alkyl halides is 3. The van der Waals surface area contributed by atoms with E-state index in [4.69, 9.17) is 21.1 Å². The average molecular weight is 976 g/mol. The van der Waals surface area contributed by atoms with Crippen LogP contribution in [0.2, 0.25) is 5.02 Å². The third kappa shape index (κ3) is 14.7. The summed E-state index contributed by atoms with van der Waals surface area (Å²) >= 11 is 6.29. The van der Waals surface area contributed by atoms with Crippen LogP contribution in [0, 0.1) is 0 Å². The zero-order valence-electron chi connectivity index (χ0n) is 38.2. The lowest BCUT2D eigenvalue weighted by Gasteiger charge is -2.26. The third-order valence-corrected chi connectivity index (χ3v) is 10.1. The molecule has 4 aromatic carbocycles. The van der Waals surface area contributed by atoms with E-state index in [1.165, 1.54) is 12.1 Å². The van der Waals surface area contributed by atoms with E-state index < -0.39 is 83.6 Å². The van der Waals surface area contributed by atoms with Gasteiger partial charge in [0.2, 0.25) is 17.7 Å². The van der Waals surface area contributed by atoms with Crippen molar-refractivity contribution < 1.29 is 56.1 Å². The Labute approximate surface area is 397 Å². The van der Waals surface area contributed by atoms with E-state index in [0.717, 1.165) is 39.6 Å². The van der Waals surface area contributed by atoms with Crippen molar-refractivity contribution in [3.8, 4) is 5.75 Å². The van der Waals surface area contributed by atoms with Crippen molar-refractivity contribution in [2.24, 2.45) is 0 Å². The minimum absolute atomic E-state index is 0.0174. The number of aromatic nitrogens is 5. The Hall–Kier alpha value is -7.55.